The van der Waals surface area contributed by atoms with Crippen LogP contribution in [0.1, 0.15) is 11.0 Å². The Labute approximate surface area is 130 Å². The lowest BCUT2D eigenvalue weighted by molar-refractivity contribution is 0.221. The first-order valence-corrected chi connectivity index (χ1v) is 7.98. The van der Waals surface area contributed by atoms with Crippen molar-refractivity contribution in [2.45, 2.75) is 6.10 Å². The van der Waals surface area contributed by atoms with Gasteiger partial charge in [0.05, 0.1) is 3.79 Å². The molecule has 0 spiro atoms. The second-order valence-corrected chi connectivity index (χ2v) is 6.96. The van der Waals surface area contributed by atoms with E-state index in [2.05, 4.69) is 40.2 Å². The molecule has 0 radical (unpaired) electrons. The van der Waals surface area contributed by atoms with Crippen LogP contribution in [-0.2, 0) is 0 Å². The third-order valence-corrected chi connectivity index (χ3v) is 4.86. The van der Waals surface area contributed by atoms with Crippen LogP contribution in [0.4, 0.5) is 0 Å². The van der Waals surface area contributed by atoms with Gasteiger partial charge in [0.15, 0.2) is 0 Å². The summed E-state index contributed by atoms with van der Waals surface area (Å²) in [5.41, 5.74) is 5.87. The average Bonchev–Trinajstić information content (AvgIpc) is 2.91. The van der Waals surface area contributed by atoms with Crippen LogP contribution < -0.4 is 10.5 Å². The van der Waals surface area contributed by atoms with E-state index in [1.165, 1.54) is 5.39 Å². The summed E-state index contributed by atoms with van der Waals surface area (Å²) in [5, 5.41) is 2.29. The zero-order valence-electron chi connectivity index (χ0n) is 10.8. The molecule has 0 aliphatic rings. The van der Waals surface area contributed by atoms with Gasteiger partial charge in [-0.05, 0) is 39.5 Å². The van der Waals surface area contributed by atoms with E-state index in [9.17, 15) is 0 Å². The first-order chi connectivity index (χ1) is 9.78. The molecule has 0 fully saturated rings. The maximum Gasteiger partial charge on any atom is 0.145 e. The van der Waals surface area contributed by atoms with Crippen molar-refractivity contribution in [3.63, 3.8) is 0 Å². The normalized spacial score (nSPS) is 12.5. The predicted molar refractivity (Wildman–Crippen MR) is 88.4 cm³/mol. The number of nitrogens with two attached hydrogens (primary N) is 1. The van der Waals surface area contributed by atoms with Crippen LogP contribution in [0.3, 0.4) is 0 Å². The van der Waals surface area contributed by atoms with Gasteiger partial charge in [0.25, 0.3) is 0 Å². The summed E-state index contributed by atoms with van der Waals surface area (Å²) in [6.45, 7) is 0.455. The van der Waals surface area contributed by atoms with Gasteiger partial charge in [-0.15, -0.1) is 11.3 Å². The van der Waals surface area contributed by atoms with Gasteiger partial charge in [-0.25, -0.2) is 0 Å². The van der Waals surface area contributed by atoms with Gasteiger partial charge in [0, 0.05) is 16.8 Å². The number of fused-ring (bicyclic) bond motifs is 1. The van der Waals surface area contributed by atoms with Crippen molar-refractivity contribution >= 4 is 38.0 Å². The SMILES string of the molecule is NCC(Oc1cccc2ccccc12)c1ccc(Br)s1. The van der Waals surface area contributed by atoms with Crippen LogP contribution in [0.2, 0.25) is 0 Å². The van der Waals surface area contributed by atoms with E-state index in [0.717, 1.165) is 19.8 Å². The van der Waals surface area contributed by atoms with Gasteiger partial charge >= 0.3 is 0 Å². The van der Waals surface area contributed by atoms with Gasteiger partial charge in [-0.1, -0.05) is 36.4 Å². The Balaban J connectivity index is 1.95. The molecule has 4 heteroatoms. The number of thiophene rings is 1. The minimum absolute atomic E-state index is 0.114. The largest absolute Gasteiger partial charge is 0.483 e. The molecule has 3 rings (SSSR count). The van der Waals surface area contributed by atoms with Crippen molar-refractivity contribution in [1.82, 2.24) is 0 Å². The molecule has 1 atom stereocenters. The molecule has 1 aromatic heterocycles. The highest BCUT2D eigenvalue weighted by Gasteiger charge is 2.15. The van der Waals surface area contributed by atoms with E-state index >= 15 is 0 Å². The second-order valence-electron chi connectivity index (χ2n) is 4.46. The fraction of sp³-hybridized carbons (Fsp3) is 0.125. The Morgan fingerprint density at radius 3 is 2.60 bits per heavy atom. The summed E-state index contributed by atoms with van der Waals surface area (Å²) in [5.74, 6) is 0.878. The van der Waals surface area contributed by atoms with Crippen LogP contribution in [0.25, 0.3) is 10.8 Å². The van der Waals surface area contributed by atoms with Crippen LogP contribution in [0.15, 0.2) is 58.4 Å². The molecule has 0 aliphatic heterocycles. The van der Waals surface area contributed by atoms with Crippen LogP contribution in [0.5, 0.6) is 5.75 Å². The number of hydrogen-bond acceptors (Lipinski definition) is 3. The molecule has 3 aromatic rings. The first kappa shape index (κ1) is 13.6. The minimum Gasteiger partial charge on any atom is -0.483 e. The highest BCUT2D eigenvalue weighted by molar-refractivity contribution is 9.11. The lowest BCUT2D eigenvalue weighted by atomic mass is 10.1. The quantitative estimate of drug-likeness (QED) is 0.739. The van der Waals surface area contributed by atoms with Crippen LogP contribution in [0, 0.1) is 0 Å². The predicted octanol–water partition coefficient (Wildman–Crippen LogP) is 4.74. The first-order valence-electron chi connectivity index (χ1n) is 6.37. The summed E-state index contributed by atoms with van der Waals surface area (Å²) in [6.07, 6.45) is -0.114. The molecule has 2 nitrogen and oxygen atoms in total. The Bertz CT molecular complexity index is 720. The van der Waals surface area contributed by atoms with Gasteiger partial charge in [0.1, 0.15) is 11.9 Å². The summed E-state index contributed by atoms with van der Waals surface area (Å²) in [4.78, 5) is 1.13. The Hall–Kier alpha value is -1.36. The summed E-state index contributed by atoms with van der Waals surface area (Å²) < 4.78 is 7.23. The average molecular weight is 348 g/mol. The van der Waals surface area contributed by atoms with Crippen LogP contribution >= 0.6 is 27.3 Å². The number of benzene rings is 2. The fourth-order valence-corrected chi connectivity index (χ4v) is 3.64. The molecule has 1 heterocycles. The monoisotopic (exact) mass is 347 g/mol. The molecule has 0 saturated carbocycles. The van der Waals surface area contributed by atoms with Crippen molar-refractivity contribution in [2.24, 2.45) is 5.73 Å². The molecular formula is C16H14BrNOS. The number of rotatable bonds is 4. The van der Waals surface area contributed by atoms with E-state index in [-0.39, 0.29) is 6.10 Å². The van der Waals surface area contributed by atoms with E-state index < -0.39 is 0 Å². The summed E-state index contributed by atoms with van der Waals surface area (Å²) in [7, 11) is 0. The highest BCUT2D eigenvalue weighted by atomic mass is 79.9. The molecular weight excluding hydrogens is 334 g/mol. The van der Waals surface area contributed by atoms with Gasteiger partial charge in [0.2, 0.25) is 0 Å². The molecule has 20 heavy (non-hydrogen) atoms. The van der Waals surface area contributed by atoms with Crippen molar-refractivity contribution in [3.8, 4) is 5.75 Å². The Morgan fingerprint density at radius 2 is 1.85 bits per heavy atom. The van der Waals surface area contributed by atoms with Crippen molar-refractivity contribution in [2.75, 3.05) is 6.54 Å². The fourth-order valence-electron chi connectivity index (χ4n) is 2.18. The molecule has 0 amide bonds. The maximum absolute atomic E-state index is 6.14. The minimum atomic E-state index is -0.114. The van der Waals surface area contributed by atoms with E-state index in [4.69, 9.17) is 10.5 Å². The van der Waals surface area contributed by atoms with Gasteiger partial charge in [-0.3, -0.25) is 0 Å². The summed E-state index contributed by atoms with van der Waals surface area (Å²) >= 11 is 5.13. The highest BCUT2D eigenvalue weighted by Crippen LogP contribution is 2.33. The van der Waals surface area contributed by atoms with Crippen molar-refractivity contribution < 1.29 is 4.74 Å². The number of halogens is 1. The lowest BCUT2D eigenvalue weighted by Crippen LogP contribution is -2.17. The molecule has 2 N–H and O–H groups in total. The third-order valence-electron chi connectivity index (χ3n) is 3.14. The number of hydrogen-bond donors (Lipinski definition) is 1. The summed E-state index contributed by atoms with van der Waals surface area (Å²) in [6, 6.07) is 18.4. The standard InChI is InChI=1S/C16H14BrNOS/c17-16-9-8-15(20-16)14(10-18)19-13-7-3-5-11-4-1-2-6-12(11)13/h1-9,14H,10,18H2. The van der Waals surface area contributed by atoms with Gasteiger partial charge < -0.3 is 10.5 Å². The Kier molecular flexibility index (Phi) is 4.05. The van der Waals surface area contributed by atoms with Crippen molar-refractivity contribution in [3.05, 3.63) is 63.3 Å². The topological polar surface area (TPSA) is 35.2 Å². The van der Waals surface area contributed by atoms with Crippen LogP contribution in [-0.4, -0.2) is 6.54 Å². The Morgan fingerprint density at radius 1 is 1.05 bits per heavy atom. The molecule has 102 valence electrons. The zero-order chi connectivity index (χ0) is 13.9. The number of ether oxygens (including phenoxy) is 1. The second kappa shape index (κ2) is 5.95. The maximum atomic E-state index is 6.14. The lowest BCUT2D eigenvalue weighted by Gasteiger charge is -2.17. The van der Waals surface area contributed by atoms with E-state index in [0.29, 0.717) is 6.54 Å². The smallest absolute Gasteiger partial charge is 0.145 e. The zero-order valence-corrected chi connectivity index (χ0v) is 13.2. The third kappa shape index (κ3) is 2.73. The molecule has 2 aromatic carbocycles. The molecule has 1 unspecified atom stereocenters. The molecule has 0 saturated heterocycles. The molecule has 0 aliphatic carbocycles. The van der Waals surface area contributed by atoms with Gasteiger partial charge in [-0.2, -0.15) is 0 Å². The molecule has 0 bridgehead atoms. The van der Waals surface area contributed by atoms with E-state index in [1.807, 2.05) is 30.3 Å². The van der Waals surface area contributed by atoms with Crippen molar-refractivity contribution in [1.29, 1.82) is 0 Å². The van der Waals surface area contributed by atoms with E-state index in [1.54, 1.807) is 11.3 Å².